The molecule has 4 aliphatic heterocycles. The van der Waals surface area contributed by atoms with Crippen LogP contribution in [0.1, 0.15) is 97.2 Å². The zero-order valence-corrected chi connectivity index (χ0v) is 33.2. The first-order chi connectivity index (χ1) is 25.7. The van der Waals surface area contributed by atoms with Crippen LogP contribution in [0.5, 0.6) is 0 Å². The number of ether oxygens (including phenoxy) is 1. The lowest BCUT2D eigenvalue weighted by Gasteiger charge is -2.63. The summed E-state index contributed by atoms with van der Waals surface area (Å²) < 4.78 is 5.60. The molecule has 0 aromatic heterocycles. The molecule has 4 unspecified atom stereocenters. The quantitative estimate of drug-likeness (QED) is 0.266. The Kier molecular flexibility index (Phi) is 12.0. The van der Waals surface area contributed by atoms with Gasteiger partial charge in [0.25, 0.3) is 5.91 Å². The molecule has 4 heterocycles. The molecule has 2 aromatic carbocycles. The average molecular weight is 743 g/mol. The van der Waals surface area contributed by atoms with Crippen molar-refractivity contribution in [1.29, 1.82) is 0 Å². The van der Waals surface area contributed by atoms with Crippen LogP contribution in [-0.2, 0) is 14.3 Å². The van der Waals surface area contributed by atoms with E-state index >= 15 is 9.59 Å². The molecule has 0 saturated carbocycles. The van der Waals surface area contributed by atoms with Gasteiger partial charge in [0, 0.05) is 13.1 Å². The molecule has 10 nitrogen and oxygen atoms in total. The van der Waals surface area contributed by atoms with E-state index in [-0.39, 0.29) is 6.61 Å². The van der Waals surface area contributed by atoms with Gasteiger partial charge in [-0.25, -0.2) is 4.79 Å². The van der Waals surface area contributed by atoms with Gasteiger partial charge >= 0.3 is 6.09 Å². The van der Waals surface area contributed by atoms with Crippen molar-refractivity contribution in [1.82, 2.24) is 19.6 Å². The van der Waals surface area contributed by atoms with Crippen LogP contribution in [0.3, 0.4) is 0 Å². The fraction of sp³-hybridized carbons (Fsp3) is 0.614. The highest BCUT2D eigenvalue weighted by molar-refractivity contribution is 6.01. The van der Waals surface area contributed by atoms with Crippen LogP contribution in [0.15, 0.2) is 66.7 Å². The van der Waals surface area contributed by atoms with E-state index in [2.05, 4.69) is 4.90 Å². The second kappa shape index (κ2) is 16.2. The molecular weight excluding hydrogens is 681 g/mol. The Morgan fingerprint density at radius 3 is 1.98 bits per heavy atom. The molecular formula is C44H62N4O6. The maximum absolute atomic E-state index is 15.6. The summed E-state index contributed by atoms with van der Waals surface area (Å²) in [7, 11) is 0. The van der Waals surface area contributed by atoms with E-state index in [1.54, 1.807) is 4.90 Å². The van der Waals surface area contributed by atoms with Crippen molar-refractivity contribution in [3.05, 3.63) is 77.9 Å². The molecule has 5 atom stereocenters. The van der Waals surface area contributed by atoms with Gasteiger partial charge in [0.05, 0.1) is 24.3 Å². The van der Waals surface area contributed by atoms with E-state index in [1.807, 2.05) is 114 Å². The van der Waals surface area contributed by atoms with E-state index in [9.17, 15) is 15.0 Å². The van der Waals surface area contributed by atoms with Gasteiger partial charge in [-0.2, -0.15) is 0 Å². The number of aliphatic hydroxyl groups is 2. The minimum atomic E-state index is -2.07. The number of likely N-dealkylation sites (tertiary alicyclic amines) is 3. The van der Waals surface area contributed by atoms with Crippen molar-refractivity contribution in [2.75, 3.05) is 39.3 Å². The average Bonchev–Trinajstić information content (AvgIpc) is 3.54. The molecule has 4 saturated heterocycles. The summed E-state index contributed by atoms with van der Waals surface area (Å²) in [5.41, 5.74) is -2.21. The standard InChI is InChI=1S/C44H62N4O6/c1-42(2,3)38(50)44(39(51)43(4,5)6,40(52)46-28-23-32(24-29-46)22-27-45-25-14-9-15-26-45)48-34(21-20-31-16-10-7-11-17-31)36(37(48)49)47-35(30-54-41(47)53)33-18-12-8-13-19-33/h7-8,10-13,16-21,32,34-36,38-39,50-51H,9,14-15,22-30H2,1-6H3/t34?,35-,36?,38?,39?,44?/m1/s1. The number of piperidine rings is 2. The molecule has 2 aromatic rings. The number of carbonyl (C=O) groups excluding carboxylic acids is 3. The predicted molar refractivity (Wildman–Crippen MR) is 210 cm³/mol. The SMILES string of the molecule is CC(C)(C)C(O)C(C(=O)N1CCC(CCN2CCCCC2)CC1)(C(O)C(C)(C)C)N1C(=O)C(N2C(=O)OC[C@@H]2c2ccccc2)C1C=Cc1ccccc1. The van der Waals surface area contributed by atoms with Gasteiger partial charge in [0.1, 0.15) is 12.6 Å². The maximum atomic E-state index is 15.6. The summed E-state index contributed by atoms with van der Waals surface area (Å²) in [6.07, 6.45) is 6.71. The number of rotatable bonds is 11. The summed E-state index contributed by atoms with van der Waals surface area (Å²) in [5, 5.41) is 25.3. The Morgan fingerprint density at radius 2 is 1.41 bits per heavy atom. The summed E-state index contributed by atoms with van der Waals surface area (Å²) in [4.78, 5) is 51.5. The molecule has 4 fully saturated rings. The number of carbonyl (C=O) groups is 3. The monoisotopic (exact) mass is 742 g/mol. The third kappa shape index (κ3) is 7.84. The number of β-lactam (4-membered cyclic amide) rings is 1. The van der Waals surface area contributed by atoms with Gasteiger partial charge in [0.15, 0.2) is 5.54 Å². The molecule has 0 radical (unpaired) electrons. The zero-order chi connectivity index (χ0) is 38.8. The lowest BCUT2D eigenvalue weighted by atomic mass is 9.63. The molecule has 294 valence electrons. The highest BCUT2D eigenvalue weighted by Crippen LogP contribution is 2.49. The Balaban J connectivity index is 1.40. The smallest absolute Gasteiger partial charge is 0.411 e. The van der Waals surface area contributed by atoms with Crippen LogP contribution in [-0.4, -0.2) is 117 Å². The highest BCUT2D eigenvalue weighted by Gasteiger charge is 2.71. The number of hydrogen-bond acceptors (Lipinski definition) is 7. The number of aliphatic hydroxyl groups excluding tert-OH is 2. The van der Waals surface area contributed by atoms with Crippen LogP contribution in [0.25, 0.3) is 6.08 Å². The van der Waals surface area contributed by atoms with Crippen LogP contribution in [0.2, 0.25) is 0 Å². The Labute approximate surface area is 322 Å². The maximum Gasteiger partial charge on any atom is 0.411 e. The first-order valence-corrected chi connectivity index (χ1v) is 20.1. The number of hydrogen-bond donors (Lipinski definition) is 2. The Morgan fingerprint density at radius 1 is 0.833 bits per heavy atom. The molecule has 10 heteroatoms. The number of amides is 3. The fourth-order valence-corrected chi connectivity index (χ4v) is 9.14. The van der Waals surface area contributed by atoms with Crippen molar-refractivity contribution >= 4 is 24.0 Å². The predicted octanol–water partition coefficient (Wildman–Crippen LogP) is 6.14. The van der Waals surface area contributed by atoms with Crippen molar-refractivity contribution in [2.24, 2.45) is 16.7 Å². The van der Waals surface area contributed by atoms with Gasteiger partial charge in [-0.1, -0.05) is 121 Å². The minimum absolute atomic E-state index is 0.0771. The number of benzene rings is 2. The van der Waals surface area contributed by atoms with Crippen molar-refractivity contribution < 1.29 is 29.3 Å². The van der Waals surface area contributed by atoms with E-state index in [1.165, 1.54) is 29.1 Å². The number of cyclic esters (lactones) is 1. The van der Waals surface area contributed by atoms with Gasteiger partial charge in [-0.3, -0.25) is 14.5 Å². The molecule has 3 amide bonds. The van der Waals surface area contributed by atoms with Crippen LogP contribution >= 0.6 is 0 Å². The fourth-order valence-electron chi connectivity index (χ4n) is 9.14. The van der Waals surface area contributed by atoms with Gasteiger partial charge < -0.3 is 29.6 Å². The summed E-state index contributed by atoms with van der Waals surface area (Å²) in [6, 6.07) is 16.7. The van der Waals surface area contributed by atoms with E-state index in [0.717, 1.165) is 50.0 Å². The molecule has 0 spiro atoms. The lowest BCUT2D eigenvalue weighted by Crippen LogP contribution is -2.86. The van der Waals surface area contributed by atoms with Crippen molar-refractivity contribution in [3.63, 3.8) is 0 Å². The van der Waals surface area contributed by atoms with Crippen molar-refractivity contribution in [3.8, 4) is 0 Å². The topological polar surface area (TPSA) is 114 Å². The Bertz CT molecular complexity index is 1600. The van der Waals surface area contributed by atoms with Gasteiger partial charge in [-0.15, -0.1) is 0 Å². The third-order valence-electron chi connectivity index (χ3n) is 12.2. The van der Waals surface area contributed by atoms with Crippen LogP contribution < -0.4 is 0 Å². The summed E-state index contributed by atoms with van der Waals surface area (Å²) >= 11 is 0. The highest BCUT2D eigenvalue weighted by atomic mass is 16.6. The van der Waals surface area contributed by atoms with Gasteiger partial charge in [-0.05, 0) is 79.6 Å². The molecule has 6 rings (SSSR count). The second-order valence-electron chi connectivity index (χ2n) is 18.1. The molecule has 54 heavy (non-hydrogen) atoms. The third-order valence-corrected chi connectivity index (χ3v) is 12.2. The van der Waals surface area contributed by atoms with E-state index < -0.39 is 64.6 Å². The summed E-state index contributed by atoms with van der Waals surface area (Å²) in [6.45, 7) is 15.4. The summed E-state index contributed by atoms with van der Waals surface area (Å²) in [5.74, 6) is -0.484. The van der Waals surface area contributed by atoms with Crippen LogP contribution in [0, 0.1) is 16.7 Å². The number of nitrogens with zero attached hydrogens (tertiary/aromatic N) is 4. The first kappa shape index (κ1) is 39.9. The molecule has 0 aliphatic carbocycles. The molecule has 0 bridgehead atoms. The van der Waals surface area contributed by atoms with Crippen molar-refractivity contribution in [2.45, 2.75) is 116 Å². The largest absolute Gasteiger partial charge is 0.447 e. The zero-order valence-electron chi connectivity index (χ0n) is 33.2. The van der Waals surface area contributed by atoms with Gasteiger partial charge in [0.2, 0.25) is 5.91 Å². The minimum Gasteiger partial charge on any atom is -0.447 e. The lowest BCUT2D eigenvalue weighted by molar-refractivity contribution is -0.218. The Hall–Kier alpha value is -3.73. The molecule has 4 aliphatic rings. The normalized spacial score (nSPS) is 25.7. The van der Waals surface area contributed by atoms with E-state index in [4.69, 9.17) is 4.74 Å². The van der Waals surface area contributed by atoms with Crippen LogP contribution in [0.4, 0.5) is 4.79 Å². The van der Waals surface area contributed by atoms with E-state index in [0.29, 0.717) is 19.0 Å². The molecule has 2 N–H and O–H groups in total. The second-order valence-corrected chi connectivity index (χ2v) is 18.1. The first-order valence-electron chi connectivity index (χ1n) is 20.1.